The summed E-state index contributed by atoms with van der Waals surface area (Å²) in [4.78, 5) is 11.3. The van der Waals surface area contributed by atoms with Crippen molar-refractivity contribution < 1.29 is 0 Å². The van der Waals surface area contributed by atoms with Gasteiger partial charge >= 0.3 is 0 Å². The van der Waals surface area contributed by atoms with Gasteiger partial charge in [-0.25, -0.2) is 0 Å². The Kier molecular flexibility index (Phi) is 5.68. The topological polar surface area (TPSA) is 46.0 Å². The molecule has 4 heterocycles. The van der Waals surface area contributed by atoms with Crippen molar-refractivity contribution in [2.45, 2.75) is 39.4 Å². The molecule has 0 bridgehead atoms. The molecule has 1 aromatic carbocycles. The number of pyridine rings is 2. The summed E-state index contributed by atoms with van der Waals surface area (Å²) in [6.45, 7) is 7.21. The lowest BCUT2D eigenvalue weighted by Gasteiger charge is -2.28. The molecule has 1 saturated heterocycles. The van der Waals surface area contributed by atoms with E-state index in [-0.39, 0.29) is 12.1 Å². The number of aromatic nitrogens is 3. The van der Waals surface area contributed by atoms with Crippen LogP contribution < -0.4 is 5.32 Å². The van der Waals surface area contributed by atoms with Gasteiger partial charge in [-0.3, -0.25) is 9.97 Å². The van der Waals surface area contributed by atoms with Gasteiger partial charge in [-0.05, 0) is 80.0 Å². The highest BCUT2D eigenvalue weighted by Crippen LogP contribution is 2.42. The Balaban J connectivity index is 1.63. The van der Waals surface area contributed by atoms with E-state index >= 15 is 0 Å². The Hall–Kier alpha value is -3.51. The molecule has 166 valence electrons. The molecule has 1 aliphatic heterocycles. The fourth-order valence-electron chi connectivity index (χ4n) is 4.87. The van der Waals surface area contributed by atoms with Crippen LogP contribution in [-0.2, 0) is 6.54 Å². The Bertz CT molecular complexity index is 1280. The first-order valence-corrected chi connectivity index (χ1v) is 11.6. The molecule has 0 aliphatic carbocycles. The number of rotatable bonds is 5. The van der Waals surface area contributed by atoms with Gasteiger partial charge < -0.3 is 14.8 Å². The van der Waals surface area contributed by atoms with Gasteiger partial charge in [0.25, 0.3) is 0 Å². The third-order valence-electron chi connectivity index (χ3n) is 6.42. The summed E-state index contributed by atoms with van der Waals surface area (Å²) in [6.07, 6.45) is 5.55. The van der Waals surface area contributed by atoms with E-state index in [1.165, 1.54) is 28.2 Å². The van der Waals surface area contributed by atoms with Crippen LogP contribution in [0.5, 0.6) is 0 Å². The molecule has 33 heavy (non-hydrogen) atoms. The van der Waals surface area contributed by atoms with Gasteiger partial charge in [-0.2, -0.15) is 0 Å². The molecule has 3 aromatic heterocycles. The van der Waals surface area contributed by atoms with Crippen molar-refractivity contribution in [3.63, 3.8) is 0 Å². The first kappa shape index (κ1) is 21.3. The van der Waals surface area contributed by atoms with Crippen molar-refractivity contribution in [1.82, 2.24) is 24.8 Å². The molecule has 6 heteroatoms. The zero-order valence-corrected chi connectivity index (χ0v) is 19.9. The second-order valence-electron chi connectivity index (χ2n) is 8.56. The Morgan fingerprint density at radius 3 is 2.52 bits per heavy atom. The van der Waals surface area contributed by atoms with Crippen LogP contribution in [0.15, 0.2) is 79.3 Å². The second kappa shape index (κ2) is 8.79. The van der Waals surface area contributed by atoms with E-state index in [1.807, 2.05) is 30.6 Å². The minimum atomic E-state index is -0.0406. The highest BCUT2D eigenvalue weighted by Gasteiger charge is 2.41. The van der Waals surface area contributed by atoms with E-state index in [9.17, 15) is 0 Å². The van der Waals surface area contributed by atoms with Crippen LogP contribution in [0.3, 0.4) is 0 Å². The summed E-state index contributed by atoms with van der Waals surface area (Å²) in [5.74, 6) is 0. The van der Waals surface area contributed by atoms with Crippen molar-refractivity contribution in [2.24, 2.45) is 0 Å². The van der Waals surface area contributed by atoms with E-state index in [0.717, 1.165) is 16.4 Å². The zero-order valence-electron chi connectivity index (χ0n) is 19.1. The van der Waals surface area contributed by atoms with Gasteiger partial charge in [-0.15, -0.1) is 0 Å². The van der Waals surface area contributed by atoms with Crippen molar-refractivity contribution >= 4 is 17.3 Å². The van der Waals surface area contributed by atoms with Crippen LogP contribution in [0.4, 0.5) is 0 Å². The first-order chi connectivity index (χ1) is 16.0. The normalized spacial score (nSPS) is 17.9. The Labute approximate surface area is 200 Å². The molecule has 5 nitrogen and oxygen atoms in total. The summed E-state index contributed by atoms with van der Waals surface area (Å²) in [7, 11) is 0. The lowest BCUT2D eigenvalue weighted by molar-refractivity contribution is 0.310. The fourth-order valence-corrected chi connectivity index (χ4v) is 5.18. The highest BCUT2D eigenvalue weighted by molar-refractivity contribution is 7.80. The predicted octanol–water partition coefficient (Wildman–Crippen LogP) is 5.37. The first-order valence-electron chi connectivity index (χ1n) is 11.2. The number of hydrogen-bond donors (Lipinski definition) is 1. The predicted molar refractivity (Wildman–Crippen MR) is 135 cm³/mol. The van der Waals surface area contributed by atoms with Gasteiger partial charge in [0.1, 0.15) is 0 Å². The maximum absolute atomic E-state index is 5.85. The molecule has 1 N–H and O–H groups in total. The summed E-state index contributed by atoms with van der Waals surface area (Å²) >= 11 is 5.85. The van der Waals surface area contributed by atoms with Gasteiger partial charge in [-0.1, -0.05) is 30.3 Å². The van der Waals surface area contributed by atoms with E-state index in [2.05, 4.69) is 88.0 Å². The standard InChI is InChI=1S/C27H27N5S/c1-18-9-4-5-12-24(18)32-19(2)15-22(20(32)3)26-25(23-11-6-7-14-29-23)30-27(33)31(26)17-21-10-8-13-28-16-21/h4-16,25-26H,17H2,1-3H3,(H,30,33)/t25-,26+/m0/s1. The van der Waals surface area contributed by atoms with Gasteiger partial charge in [0, 0.05) is 42.2 Å². The SMILES string of the molecule is Cc1ccccc1-n1c(C)cc([C@@H]2[C@H](c3ccccn3)NC(=S)N2Cc2cccnc2)c1C. The van der Waals surface area contributed by atoms with E-state index < -0.39 is 0 Å². The van der Waals surface area contributed by atoms with Crippen LogP contribution in [-0.4, -0.2) is 24.5 Å². The number of hydrogen-bond acceptors (Lipinski definition) is 3. The maximum Gasteiger partial charge on any atom is 0.170 e. The average Bonchev–Trinajstić information content (AvgIpc) is 3.30. The number of thiocarbonyl (C=S) groups is 1. The molecule has 0 saturated carbocycles. The summed E-state index contributed by atoms with van der Waals surface area (Å²) in [5, 5.41) is 4.30. The van der Waals surface area contributed by atoms with E-state index in [4.69, 9.17) is 12.2 Å². The van der Waals surface area contributed by atoms with Gasteiger partial charge in [0.15, 0.2) is 5.11 Å². The van der Waals surface area contributed by atoms with E-state index in [0.29, 0.717) is 6.54 Å². The highest BCUT2D eigenvalue weighted by atomic mass is 32.1. The smallest absolute Gasteiger partial charge is 0.170 e. The number of nitrogens with zero attached hydrogens (tertiary/aromatic N) is 4. The molecule has 0 unspecified atom stereocenters. The lowest BCUT2D eigenvalue weighted by Crippen LogP contribution is -2.29. The molecule has 0 amide bonds. The molecule has 4 aromatic rings. The third-order valence-corrected chi connectivity index (χ3v) is 6.77. The Morgan fingerprint density at radius 1 is 0.970 bits per heavy atom. The molecule has 5 rings (SSSR count). The molecular weight excluding hydrogens is 426 g/mol. The molecule has 0 spiro atoms. The summed E-state index contributed by atoms with van der Waals surface area (Å²) in [6, 6.07) is 20.9. The van der Waals surface area contributed by atoms with Gasteiger partial charge in [0.05, 0.1) is 17.8 Å². The van der Waals surface area contributed by atoms with Crippen LogP contribution in [0.25, 0.3) is 5.69 Å². The van der Waals surface area contributed by atoms with E-state index in [1.54, 1.807) is 6.20 Å². The molecule has 1 fully saturated rings. The van der Waals surface area contributed by atoms with Crippen LogP contribution in [0.2, 0.25) is 0 Å². The van der Waals surface area contributed by atoms with Crippen molar-refractivity contribution in [1.29, 1.82) is 0 Å². The maximum atomic E-state index is 5.85. The number of aryl methyl sites for hydroxylation is 2. The number of para-hydroxylation sites is 1. The number of nitrogens with one attached hydrogen (secondary N) is 1. The monoisotopic (exact) mass is 453 g/mol. The second-order valence-corrected chi connectivity index (χ2v) is 8.95. The third kappa shape index (κ3) is 3.91. The van der Waals surface area contributed by atoms with Crippen molar-refractivity contribution in [3.8, 4) is 5.69 Å². The Morgan fingerprint density at radius 2 is 1.79 bits per heavy atom. The number of benzene rings is 1. The molecular formula is C27H27N5S. The molecule has 2 atom stereocenters. The zero-order chi connectivity index (χ0) is 22.9. The fraction of sp³-hybridized carbons (Fsp3) is 0.222. The van der Waals surface area contributed by atoms with Gasteiger partial charge in [0.2, 0.25) is 0 Å². The lowest BCUT2D eigenvalue weighted by atomic mass is 9.96. The molecule has 1 aliphatic rings. The average molecular weight is 454 g/mol. The van der Waals surface area contributed by atoms with Crippen molar-refractivity contribution in [2.75, 3.05) is 0 Å². The van der Waals surface area contributed by atoms with Crippen LogP contribution in [0, 0.1) is 20.8 Å². The largest absolute Gasteiger partial charge is 0.352 e. The summed E-state index contributed by atoms with van der Waals surface area (Å²) < 4.78 is 2.35. The van der Waals surface area contributed by atoms with Crippen LogP contribution >= 0.6 is 12.2 Å². The minimum Gasteiger partial charge on any atom is -0.352 e. The minimum absolute atomic E-state index is 0.0107. The van der Waals surface area contributed by atoms with Crippen molar-refractivity contribution in [3.05, 3.63) is 113 Å². The quantitative estimate of drug-likeness (QED) is 0.412. The molecule has 0 radical (unpaired) electrons. The summed E-state index contributed by atoms with van der Waals surface area (Å²) in [5.41, 5.74) is 8.24. The van der Waals surface area contributed by atoms with Crippen LogP contribution in [0.1, 0.15) is 45.9 Å².